The molecule has 0 unspecified atom stereocenters. The van der Waals surface area contributed by atoms with Gasteiger partial charge < -0.3 is 14.6 Å². The molecule has 3 aromatic rings. The molecule has 0 saturated heterocycles. The van der Waals surface area contributed by atoms with Crippen molar-refractivity contribution < 1.29 is 4.74 Å². The first kappa shape index (κ1) is 12.5. The second-order valence-corrected chi connectivity index (χ2v) is 4.65. The largest absolute Gasteiger partial charge is 0.496 e. The lowest BCUT2D eigenvalue weighted by molar-refractivity contribution is 0.416. The number of ether oxygens (including phenoxy) is 1. The van der Waals surface area contributed by atoms with Gasteiger partial charge in [0, 0.05) is 19.8 Å². The number of methoxy groups -OCH3 is 1. The number of fused-ring (bicyclic) bond motifs is 1. The molecule has 1 N–H and O–H groups in total. The van der Waals surface area contributed by atoms with Crippen LogP contribution in [0.5, 0.6) is 5.75 Å². The van der Waals surface area contributed by atoms with Gasteiger partial charge in [0.1, 0.15) is 11.6 Å². The van der Waals surface area contributed by atoms with Gasteiger partial charge in [0.15, 0.2) is 0 Å². The summed E-state index contributed by atoms with van der Waals surface area (Å²) in [6.07, 6.45) is 0. The number of hydrogen-bond acceptors (Lipinski definition) is 3. The number of rotatable bonds is 3. The van der Waals surface area contributed by atoms with Gasteiger partial charge >= 0.3 is 0 Å². The smallest absolute Gasteiger partial charge is 0.144 e. The van der Waals surface area contributed by atoms with E-state index in [4.69, 9.17) is 9.72 Å². The fourth-order valence-electron chi connectivity index (χ4n) is 2.43. The van der Waals surface area contributed by atoms with Crippen molar-refractivity contribution >= 4 is 16.7 Å². The van der Waals surface area contributed by atoms with Gasteiger partial charge in [0.25, 0.3) is 0 Å². The molecule has 0 aliphatic rings. The molecule has 3 rings (SSSR count). The van der Waals surface area contributed by atoms with Crippen LogP contribution in [0.2, 0.25) is 0 Å². The Labute approximate surface area is 118 Å². The summed E-state index contributed by atoms with van der Waals surface area (Å²) < 4.78 is 7.52. The molecule has 102 valence electrons. The fraction of sp³-hybridized carbons (Fsp3) is 0.188. The summed E-state index contributed by atoms with van der Waals surface area (Å²) in [7, 11) is 5.61. The Kier molecular flexibility index (Phi) is 3.06. The molecule has 0 radical (unpaired) electrons. The first-order valence-electron chi connectivity index (χ1n) is 6.52. The van der Waals surface area contributed by atoms with Crippen LogP contribution >= 0.6 is 0 Å². The Morgan fingerprint density at radius 2 is 1.95 bits per heavy atom. The van der Waals surface area contributed by atoms with Gasteiger partial charge in [-0.1, -0.05) is 12.1 Å². The molecule has 0 spiro atoms. The van der Waals surface area contributed by atoms with E-state index in [0.717, 1.165) is 33.9 Å². The summed E-state index contributed by atoms with van der Waals surface area (Å²) in [6, 6.07) is 14.1. The van der Waals surface area contributed by atoms with E-state index < -0.39 is 0 Å². The minimum atomic E-state index is 0.833. The number of nitrogens with one attached hydrogen (secondary N) is 1. The van der Waals surface area contributed by atoms with Crippen molar-refractivity contribution in [3.63, 3.8) is 0 Å². The van der Waals surface area contributed by atoms with Crippen LogP contribution in [-0.2, 0) is 7.05 Å². The van der Waals surface area contributed by atoms with Crippen LogP contribution in [-0.4, -0.2) is 23.7 Å². The van der Waals surface area contributed by atoms with Crippen molar-refractivity contribution in [1.82, 2.24) is 9.55 Å². The highest BCUT2D eigenvalue weighted by Gasteiger charge is 2.13. The topological polar surface area (TPSA) is 39.1 Å². The highest BCUT2D eigenvalue weighted by atomic mass is 16.5. The number of benzene rings is 2. The van der Waals surface area contributed by atoms with Crippen LogP contribution < -0.4 is 10.1 Å². The third-order valence-electron chi connectivity index (χ3n) is 3.52. The zero-order valence-electron chi connectivity index (χ0n) is 11.8. The molecule has 1 aromatic heterocycles. The van der Waals surface area contributed by atoms with E-state index in [0.29, 0.717) is 0 Å². The number of hydrogen-bond donors (Lipinski definition) is 1. The van der Waals surface area contributed by atoms with Crippen molar-refractivity contribution in [2.24, 2.45) is 7.05 Å². The highest BCUT2D eigenvalue weighted by molar-refractivity contribution is 5.84. The maximum atomic E-state index is 5.43. The van der Waals surface area contributed by atoms with E-state index >= 15 is 0 Å². The summed E-state index contributed by atoms with van der Waals surface area (Å²) in [6.45, 7) is 0. The first-order valence-corrected chi connectivity index (χ1v) is 6.52. The van der Waals surface area contributed by atoms with E-state index in [2.05, 4.69) is 22.0 Å². The lowest BCUT2D eigenvalue weighted by Crippen LogP contribution is -1.95. The van der Waals surface area contributed by atoms with Gasteiger partial charge in [0.05, 0.1) is 23.7 Å². The van der Waals surface area contributed by atoms with Crippen LogP contribution in [0, 0.1) is 0 Å². The molecule has 1 heterocycles. The number of para-hydroxylation sites is 1. The quantitative estimate of drug-likeness (QED) is 0.791. The van der Waals surface area contributed by atoms with E-state index in [-0.39, 0.29) is 0 Å². The average Bonchev–Trinajstić information content (AvgIpc) is 2.83. The zero-order chi connectivity index (χ0) is 14.1. The Bertz CT molecular complexity index is 762. The van der Waals surface area contributed by atoms with Crippen LogP contribution in [0.4, 0.5) is 5.69 Å². The monoisotopic (exact) mass is 267 g/mol. The predicted octanol–water partition coefficient (Wildman–Crippen LogP) is 3.29. The van der Waals surface area contributed by atoms with Crippen molar-refractivity contribution in [2.45, 2.75) is 0 Å². The fourth-order valence-corrected chi connectivity index (χ4v) is 2.43. The SMILES string of the molecule is CNc1ccc2c(c1)nc(-c1ccccc1OC)n2C. The Balaban J connectivity index is 2.23. The van der Waals surface area contributed by atoms with Gasteiger partial charge in [0.2, 0.25) is 0 Å². The van der Waals surface area contributed by atoms with Crippen LogP contribution in [0.3, 0.4) is 0 Å². The molecular formula is C16H17N3O. The molecule has 0 amide bonds. The lowest BCUT2D eigenvalue weighted by Gasteiger charge is -2.07. The molecule has 20 heavy (non-hydrogen) atoms. The number of anilines is 1. The highest BCUT2D eigenvalue weighted by Crippen LogP contribution is 2.31. The van der Waals surface area contributed by atoms with Gasteiger partial charge in [-0.2, -0.15) is 0 Å². The molecule has 4 nitrogen and oxygen atoms in total. The number of imidazole rings is 1. The van der Waals surface area contributed by atoms with Crippen LogP contribution in [0.15, 0.2) is 42.5 Å². The molecule has 0 fully saturated rings. The minimum Gasteiger partial charge on any atom is -0.496 e. The molecule has 2 aromatic carbocycles. The zero-order valence-corrected chi connectivity index (χ0v) is 11.8. The molecule has 0 atom stereocenters. The molecule has 0 bridgehead atoms. The summed E-state index contributed by atoms with van der Waals surface area (Å²) in [5, 5.41) is 3.14. The van der Waals surface area contributed by atoms with E-state index in [1.807, 2.05) is 44.4 Å². The summed E-state index contributed by atoms with van der Waals surface area (Å²) >= 11 is 0. The van der Waals surface area contributed by atoms with E-state index in [1.54, 1.807) is 7.11 Å². The molecule has 4 heteroatoms. The van der Waals surface area contributed by atoms with Crippen molar-refractivity contribution in [3.05, 3.63) is 42.5 Å². The van der Waals surface area contributed by atoms with Crippen LogP contribution in [0.25, 0.3) is 22.4 Å². The summed E-state index contributed by atoms with van der Waals surface area (Å²) in [5.41, 5.74) is 4.13. The summed E-state index contributed by atoms with van der Waals surface area (Å²) in [5.74, 6) is 1.74. The Morgan fingerprint density at radius 1 is 1.15 bits per heavy atom. The maximum Gasteiger partial charge on any atom is 0.144 e. The summed E-state index contributed by atoms with van der Waals surface area (Å²) in [4.78, 5) is 4.74. The van der Waals surface area contributed by atoms with Gasteiger partial charge in [-0.05, 0) is 30.3 Å². The molecule has 0 aliphatic heterocycles. The standard InChI is InChI=1S/C16H17N3O/c1-17-11-8-9-14-13(10-11)18-16(19(14)2)12-6-4-5-7-15(12)20-3/h4-10,17H,1-3H3. The molecular weight excluding hydrogens is 250 g/mol. The molecule has 0 saturated carbocycles. The normalized spacial score (nSPS) is 10.8. The van der Waals surface area contributed by atoms with Gasteiger partial charge in [-0.25, -0.2) is 4.98 Å². The third-order valence-corrected chi connectivity index (χ3v) is 3.52. The van der Waals surface area contributed by atoms with Crippen molar-refractivity contribution in [3.8, 4) is 17.1 Å². The first-order chi connectivity index (χ1) is 9.74. The van der Waals surface area contributed by atoms with E-state index in [1.165, 1.54) is 0 Å². The number of nitrogens with zero attached hydrogens (tertiary/aromatic N) is 2. The lowest BCUT2D eigenvalue weighted by atomic mass is 10.2. The van der Waals surface area contributed by atoms with Gasteiger partial charge in [-0.15, -0.1) is 0 Å². The average molecular weight is 267 g/mol. The van der Waals surface area contributed by atoms with E-state index in [9.17, 15) is 0 Å². The van der Waals surface area contributed by atoms with Crippen molar-refractivity contribution in [2.75, 3.05) is 19.5 Å². The predicted molar refractivity (Wildman–Crippen MR) is 82.2 cm³/mol. The Hall–Kier alpha value is -2.49. The number of aromatic nitrogens is 2. The van der Waals surface area contributed by atoms with Gasteiger partial charge in [-0.3, -0.25) is 0 Å². The minimum absolute atomic E-state index is 0.833. The van der Waals surface area contributed by atoms with Crippen molar-refractivity contribution in [1.29, 1.82) is 0 Å². The van der Waals surface area contributed by atoms with Crippen LogP contribution in [0.1, 0.15) is 0 Å². The number of aryl methyl sites for hydroxylation is 1. The Morgan fingerprint density at radius 3 is 2.70 bits per heavy atom. The molecule has 0 aliphatic carbocycles. The third kappa shape index (κ3) is 1.90. The second kappa shape index (κ2) is 4.89. The maximum absolute atomic E-state index is 5.43. The second-order valence-electron chi connectivity index (χ2n) is 4.65.